The molecule has 0 aliphatic carbocycles. The van der Waals surface area contributed by atoms with E-state index in [1.54, 1.807) is 6.92 Å². The van der Waals surface area contributed by atoms with Crippen LogP contribution in [0.15, 0.2) is 58.4 Å². The van der Waals surface area contributed by atoms with Crippen molar-refractivity contribution in [2.24, 2.45) is 5.10 Å². The first-order valence-electron chi connectivity index (χ1n) is 6.99. The molecule has 0 radical (unpaired) electrons. The van der Waals surface area contributed by atoms with Gasteiger partial charge in [0, 0.05) is 11.8 Å². The van der Waals surface area contributed by atoms with Crippen molar-refractivity contribution in [1.29, 1.82) is 0 Å². The van der Waals surface area contributed by atoms with Gasteiger partial charge in [-0.05, 0) is 36.2 Å². The first-order chi connectivity index (χ1) is 10.6. The van der Waals surface area contributed by atoms with Gasteiger partial charge in [0.2, 0.25) is 5.95 Å². The zero-order valence-corrected chi connectivity index (χ0v) is 12.4. The van der Waals surface area contributed by atoms with Crippen LogP contribution in [0, 0.1) is 6.92 Å². The normalized spacial score (nSPS) is 11.6. The molecule has 0 amide bonds. The van der Waals surface area contributed by atoms with Crippen LogP contribution in [0.3, 0.4) is 0 Å². The number of hydrogen-bond acceptors (Lipinski definition) is 4. The van der Waals surface area contributed by atoms with Gasteiger partial charge in [-0.25, -0.2) is 10.4 Å². The van der Waals surface area contributed by atoms with E-state index in [4.69, 9.17) is 0 Å². The molecule has 22 heavy (non-hydrogen) atoms. The summed E-state index contributed by atoms with van der Waals surface area (Å²) in [6.07, 6.45) is 0. The van der Waals surface area contributed by atoms with Gasteiger partial charge in [0.15, 0.2) is 0 Å². The number of nitrogens with zero attached hydrogens (tertiary/aromatic N) is 2. The van der Waals surface area contributed by atoms with E-state index in [1.165, 1.54) is 11.5 Å². The van der Waals surface area contributed by atoms with E-state index < -0.39 is 0 Å². The fraction of sp³-hybridized carbons (Fsp3) is 0.118. The second-order valence-corrected chi connectivity index (χ2v) is 5.11. The molecule has 0 spiro atoms. The van der Waals surface area contributed by atoms with Gasteiger partial charge in [0.05, 0.1) is 5.71 Å². The Hall–Kier alpha value is -2.95. The highest BCUT2D eigenvalue weighted by Gasteiger charge is 2.01. The Kier molecular flexibility index (Phi) is 3.70. The van der Waals surface area contributed by atoms with Gasteiger partial charge >= 0.3 is 0 Å². The largest absolute Gasteiger partial charge is 0.291 e. The van der Waals surface area contributed by atoms with E-state index in [9.17, 15) is 4.79 Å². The van der Waals surface area contributed by atoms with E-state index >= 15 is 0 Å². The summed E-state index contributed by atoms with van der Waals surface area (Å²) in [5, 5.41) is 6.64. The highest BCUT2D eigenvalue weighted by Crippen LogP contribution is 2.16. The van der Waals surface area contributed by atoms with Gasteiger partial charge in [-0.2, -0.15) is 5.10 Å². The topological polar surface area (TPSA) is 70.1 Å². The summed E-state index contributed by atoms with van der Waals surface area (Å²) in [6, 6.07) is 15.8. The summed E-state index contributed by atoms with van der Waals surface area (Å²) in [4.78, 5) is 18.2. The second kappa shape index (κ2) is 5.81. The summed E-state index contributed by atoms with van der Waals surface area (Å²) in [7, 11) is 0. The van der Waals surface area contributed by atoms with E-state index in [1.807, 2.05) is 25.1 Å². The lowest BCUT2D eigenvalue weighted by molar-refractivity contribution is 1.04. The van der Waals surface area contributed by atoms with Crippen LogP contribution in [0.4, 0.5) is 5.95 Å². The summed E-state index contributed by atoms with van der Waals surface area (Å²) < 4.78 is 0. The Labute approximate surface area is 127 Å². The highest BCUT2D eigenvalue weighted by molar-refractivity contribution is 6.02. The van der Waals surface area contributed by atoms with E-state index in [-0.39, 0.29) is 5.56 Å². The lowest BCUT2D eigenvalue weighted by atomic mass is 10.0. The third-order valence-electron chi connectivity index (χ3n) is 3.37. The Morgan fingerprint density at radius 3 is 2.68 bits per heavy atom. The lowest BCUT2D eigenvalue weighted by Crippen LogP contribution is -2.11. The predicted molar refractivity (Wildman–Crippen MR) is 89.4 cm³/mol. The molecule has 2 N–H and O–H groups in total. The van der Waals surface area contributed by atoms with Gasteiger partial charge < -0.3 is 0 Å². The highest BCUT2D eigenvalue weighted by atomic mass is 16.1. The lowest BCUT2D eigenvalue weighted by Gasteiger charge is -2.05. The number of anilines is 1. The molecule has 0 aliphatic rings. The molecular weight excluding hydrogens is 276 g/mol. The van der Waals surface area contributed by atoms with Gasteiger partial charge in [-0.1, -0.05) is 36.4 Å². The summed E-state index contributed by atoms with van der Waals surface area (Å²) in [6.45, 7) is 3.67. The zero-order valence-electron chi connectivity index (χ0n) is 12.4. The number of aromatic nitrogens is 2. The molecule has 0 aliphatic heterocycles. The first-order valence-corrected chi connectivity index (χ1v) is 6.99. The van der Waals surface area contributed by atoms with Crippen molar-refractivity contribution in [3.63, 3.8) is 0 Å². The number of hydrogen-bond donors (Lipinski definition) is 2. The van der Waals surface area contributed by atoms with Crippen LogP contribution in [0.2, 0.25) is 0 Å². The Morgan fingerprint density at radius 2 is 1.91 bits per heavy atom. The van der Waals surface area contributed by atoms with Crippen molar-refractivity contribution >= 4 is 22.4 Å². The van der Waals surface area contributed by atoms with Crippen molar-refractivity contribution in [1.82, 2.24) is 9.97 Å². The zero-order chi connectivity index (χ0) is 15.5. The van der Waals surface area contributed by atoms with Gasteiger partial charge in [-0.3, -0.25) is 9.78 Å². The SMILES string of the molecule is C/C(=N/Nc1nc(C)cc(=O)[nH]1)c1ccc2ccccc2c1. The molecule has 3 rings (SSSR count). The number of H-pyrrole nitrogens is 1. The molecule has 1 aromatic heterocycles. The van der Waals surface area contributed by atoms with Crippen LogP contribution in [0.5, 0.6) is 0 Å². The minimum atomic E-state index is -0.200. The Bertz CT molecular complexity index is 912. The maximum atomic E-state index is 11.4. The van der Waals surface area contributed by atoms with Crippen molar-refractivity contribution in [2.45, 2.75) is 13.8 Å². The molecule has 1 heterocycles. The van der Waals surface area contributed by atoms with Crippen LogP contribution < -0.4 is 11.0 Å². The first kappa shape index (κ1) is 14.0. The monoisotopic (exact) mass is 292 g/mol. The summed E-state index contributed by atoms with van der Waals surface area (Å²) in [5.41, 5.74) is 5.07. The number of nitrogens with one attached hydrogen (secondary N) is 2. The molecule has 0 atom stereocenters. The fourth-order valence-electron chi connectivity index (χ4n) is 2.25. The number of rotatable bonds is 3. The molecule has 5 nitrogen and oxygen atoms in total. The smallest absolute Gasteiger partial charge is 0.252 e. The Morgan fingerprint density at radius 1 is 1.14 bits per heavy atom. The molecule has 3 aromatic rings. The molecule has 5 heteroatoms. The van der Waals surface area contributed by atoms with Crippen LogP contribution in [0.1, 0.15) is 18.2 Å². The van der Waals surface area contributed by atoms with Gasteiger partial charge in [-0.15, -0.1) is 0 Å². The summed E-state index contributed by atoms with van der Waals surface area (Å²) in [5.74, 6) is 0.338. The van der Waals surface area contributed by atoms with E-state index in [2.05, 4.69) is 44.8 Å². The molecule has 0 fully saturated rings. The molecule has 0 bridgehead atoms. The maximum absolute atomic E-state index is 11.4. The minimum Gasteiger partial charge on any atom is -0.291 e. The molecule has 0 saturated carbocycles. The number of fused-ring (bicyclic) bond motifs is 1. The molecule has 0 unspecified atom stereocenters. The van der Waals surface area contributed by atoms with Crippen LogP contribution in [-0.4, -0.2) is 15.7 Å². The third-order valence-corrected chi connectivity index (χ3v) is 3.37. The van der Waals surface area contributed by atoms with Crippen molar-refractivity contribution in [3.8, 4) is 0 Å². The Balaban J connectivity index is 1.87. The van der Waals surface area contributed by atoms with Crippen molar-refractivity contribution in [2.75, 3.05) is 5.43 Å². The molecular formula is C17H16N4O. The minimum absolute atomic E-state index is 0.200. The van der Waals surface area contributed by atoms with E-state index in [0.717, 1.165) is 16.7 Å². The molecule has 0 saturated heterocycles. The third kappa shape index (κ3) is 3.03. The number of hydrazone groups is 1. The number of aromatic amines is 1. The average molecular weight is 292 g/mol. The molecule has 110 valence electrons. The van der Waals surface area contributed by atoms with Crippen LogP contribution in [0.25, 0.3) is 10.8 Å². The number of benzene rings is 2. The summed E-state index contributed by atoms with van der Waals surface area (Å²) >= 11 is 0. The van der Waals surface area contributed by atoms with E-state index in [0.29, 0.717) is 11.6 Å². The van der Waals surface area contributed by atoms with Crippen molar-refractivity contribution in [3.05, 3.63) is 70.1 Å². The quantitative estimate of drug-likeness (QED) is 0.575. The number of aryl methyl sites for hydroxylation is 1. The van der Waals surface area contributed by atoms with Gasteiger partial charge in [0.1, 0.15) is 0 Å². The molecule has 2 aromatic carbocycles. The van der Waals surface area contributed by atoms with Crippen LogP contribution in [-0.2, 0) is 0 Å². The van der Waals surface area contributed by atoms with Gasteiger partial charge in [0.25, 0.3) is 5.56 Å². The van der Waals surface area contributed by atoms with Crippen LogP contribution >= 0.6 is 0 Å². The standard InChI is InChI=1S/C17H16N4O/c1-11-9-16(22)19-17(18-11)21-20-12(2)14-8-7-13-5-3-4-6-15(13)10-14/h3-10H,1-2H3,(H2,18,19,21,22)/b20-12-. The average Bonchev–Trinajstić information content (AvgIpc) is 2.51. The second-order valence-electron chi connectivity index (χ2n) is 5.11. The predicted octanol–water partition coefficient (Wildman–Crippen LogP) is 3.07. The van der Waals surface area contributed by atoms with Crippen molar-refractivity contribution < 1.29 is 0 Å². The maximum Gasteiger partial charge on any atom is 0.252 e. The fourth-order valence-corrected chi connectivity index (χ4v) is 2.25.